The fourth-order valence-corrected chi connectivity index (χ4v) is 1.99. The summed E-state index contributed by atoms with van der Waals surface area (Å²) in [6.45, 7) is 6.03. The van der Waals surface area contributed by atoms with E-state index in [0.717, 1.165) is 19.5 Å². The van der Waals surface area contributed by atoms with Crippen molar-refractivity contribution in [3.8, 4) is 0 Å². The van der Waals surface area contributed by atoms with E-state index in [9.17, 15) is 0 Å². The first kappa shape index (κ1) is 21.2. The van der Waals surface area contributed by atoms with Crippen molar-refractivity contribution in [2.45, 2.75) is 97.3 Å². The van der Waals surface area contributed by atoms with Crippen molar-refractivity contribution in [1.29, 1.82) is 0 Å². The van der Waals surface area contributed by atoms with Gasteiger partial charge >= 0.3 is 0 Å². The maximum Gasteiger partial charge on any atom is -0.00773 e. The molecule has 118 valence electrons. The van der Waals surface area contributed by atoms with Crippen molar-refractivity contribution < 1.29 is 0 Å². The third-order valence-corrected chi connectivity index (χ3v) is 3.35. The van der Waals surface area contributed by atoms with Crippen molar-refractivity contribution in [3.63, 3.8) is 0 Å². The van der Waals surface area contributed by atoms with E-state index in [-0.39, 0.29) is 0 Å². The lowest BCUT2D eigenvalue weighted by atomic mass is 10.1. The molecule has 0 spiro atoms. The van der Waals surface area contributed by atoms with E-state index in [1.807, 2.05) is 0 Å². The van der Waals surface area contributed by atoms with Crippen LogP contribution in [0.3, 0.4) is 0 Å². The lowest BCUT2D eigenvalue weighted by Crippen LogP contribution is -1.97. The van der Waals surface area contributed by atoms with Crippen molar-refractivity contribution in [1.82, 2.24) is 0 Å². The lowest BCUT2D eigenvalue weighted by Gasteiger charge is -2.01. The number of nitrogens with two attached hydrogens (primary N) is 2. The van der Waals surface area contributed by atoms with E-state index in [1.54, 1.807) is 0 Å². The van der Waals surface area contributed by atoms with Gasteiger partial charge in [-0.3, -0.25) is 0 Å². The van der Waals surface area contributed by atoms with Gasteiger partial charge in [-0.15, -0.1) is 0 Å². The zero-order valence-corrected chi connectivity index (χ0v) is 13.8. The van der Waals surface area contributed by atoms with Gasteiger partial charge < -0.3 is 11.5 Å². The van der Waals surface area contributed by atoms with E-state index in [4.69, 9.17) is 11.5 Å². The van der Waals surface area contributed by atoms with Gasteiger partial charge in [-0.1, -0.05) is 84.5 Å². The van der Waals surface area contributed by atoms with Gasteiger partial charge in [-0.05, 0) is 25.9 Å². The molecule has 0 aliphatic heterocycles. The highest BCUT2D eigenvalue weighted by Crippen LogP contribution is 2.11. The molecule has 0 fully saturated rings. The Balaban J connectivity index is 0. The minimum absolute atomic E-state index is 0.819. The monoisotopic (exact) mass is 272 g/mol. The number of hydrogen-bond acceptors (Lipinski definition) is 2. The molecular weight excluding hydrogens is 232 g/mol. The Morgan fingerprint density at radius 3 is 1.00 bits per heavy atom. The van der Waals surface area contributed by atoms with E-state index in [1.165, 1.54) is 77.0 Å². The molecule has 0 amide bonds. The van der Waals surface area contributed by atoms with E-state index in [2.05, 4.69) is 13.8 Å². The van der Waals surface area contributed by atoms with Crippen LogP contribution in [-0.2, 0) is 0 Å². The van der Waals surface area contributed by atoms with Gasteiger partial charge in [0, 0.05) is 0 Å². The van der Waals surface area contributed by atoms with Crippen LogP contribution in [0.25, 0.3) is 0 Å². The van der Waals surface area contributed by atoms with E-state index < -0.39 is 0 Å². The first-order chi connectivity index (χ1) is 9.33. The summed E-state index contributed by atoms with van der Waals surface area (Å²) in [6.07, 6.45) is 18.0. The van der Waals surface area contributed by atoms with Crippen molar-refractivity contribution in [2.75, 3.05) is 13.1 Å². The van der Waals surface area contributed by atoms with Crippen LogP contribution in [0.15, 0.2) is 0 Å². The second-order valence-electron chi connectivity index (χ2n) is 5.47. The molecule has 0 aromatic carbocycles. The quantitative estimate of drug-likeness (QED) is 0.463. The molecule has 0 rings (SSSR count). The molecule has 0 aromatic rings. The maximum absolute atomic E-state index is 5.45. The fourth-order valence-electron chi connectivity index (χ4n) is 1.99. The zero-order chi connectivity index (χ0) is 14.6. The van der Waals surface area contributed by atoms with Gasteiger partial charge in [-0.2, -0.15) is 0 Å². The minimum atomic E-state index is 0.819. The highest BCUT2D eigenvalue weighted by molar-refractivity contribution is 4.48. The van der Waals surface area contributed by atoms with Gasteiger partial charge in [0.2, 0.25) is 0 Å². The Hall–Kier alpha value is -0.0800. The minimum Gasteiger partial charge on any atom is -0.330 e. The summed E-state index contributed by atoms with van der Waals surface area (Å²) in [6, 6.07) is 0. The summed E-state index contributed by atoms with van der Waals surface area (Å²) in [7, 11) is 0. The summed E-state index contributed by atoms with van der Waals surface area (Å²) in [5, 5.41) is 0. The molecule has 4 N–H and O–H groups in total. The molecule has 2 nitrogen and oxygen atoms in total. The predicted molar refractivity (Wildman–Crippen MR) is 89.5 cm³/mol. The normalized spacial score (nSPS) is 10.1. The van der Waals surface area contributed by atoms with Crippen LogP contribution in [0.2, 0.25) is 0 Å². The van der Waals surface area contributed by atoms with Crippen molar-refractivity contribution in [3.05, 3.63) is 0 Å². The molecule has 0 saturated carbocycles. The average molecular weight is 273 g/mol. The van der Waals surface area contributed by atoms with Gasteiger partial charge in [-0.25, -0.2) is 0 Å². The highest BCUT2D eigenvalue weighted by atomic mass is 14.5. The Labute approximate surface area is 122 Å². The Bertz CT molecular complexity index is 112. The Kier molecular flexibility index (Phi) is 25.7. The molecule has 19 heavy (non-hydrogen) atoms. The van der Waals surface area contributed by atoms with Crippen LogP contribution in [-0.4, -0.2) is 13.1 Å². The molecule has 2 heteroatoms. The molecule has 0 bridgehead atoms. The molecule has 0 atom stereocenters. The SMILES string of the molecule is CCCCCCCCCCCCCCN.CCCN. The molecule has 0 aromatic heterocycles. The molecule has 0 unspecified atom stereocenters. The van der Waals surface area contributed by atoms with Crippen LogP contribution < -0.4 is 11.5 Å². The third-order valence-electron chi connectivity index (χ3n) is 3.35. The standard InChI is InChI=1S/C14H31N.C3H9N/c1-2-3-4-5-6-7-8-9-10-11-12-13-14-15;1-2-3-4/h2-15H2,1H3;2-4H2,1H3. The number of unbranched alkanes of at least 4 members (excludes halogenated alkanes) is 11. The topological polar surface area (TPSA) is 52.0 Å². The predicted octanol–water partition coefficient (Wildman–Crippen LogP) is 5.00. The Morgan fingerprint density at radius 1 is 0.421 bits per heavy atom. The zero-order valence-electron chi connectivity index (χ0n) is 13.8. The third kappa shape index (κ3) is 27.2. The molecular formula is C17H40N2. The van der Waals surface area contributed by atoms with E-state index >= 15 is 0 Å². The largest absolute Gasteiger partial charge is 0.330 e. The van der Waals surface area contributed by atoms with Crippen LogP contribution in [0.4, 0.5) is 0 Å². The first-order valence-corrected chi connectivity index (χ1v) is 8.73. The van der Waals surface area contributed by atoms with Crippen LogP contribution in [0, 0.1) is 0 Å². The van der Waals surface area contributed by atoms with Gasteiger partial charge in [0.1, 0.15) is 0 Å². The lowest BCUT2D eigenvalue weighted by molar-refractivity contribution is 0.545. The average Bonchev–Trinajstić information content (AvgIpc) is 2.45. The van der Waals surface area contributed by atoms with Crippen LogP contribution >= 0.6 is 0 Å². The first-order valence-electron chi connectivity index (χ1n) is 8.73. The van der Waals surface area contributed by atoms with E-state index in [0.29, 0.717) is 0 Å². The molecule has 0 aliphatic rings. The summed E-state index contributed by atoms with van der Waals surface area (Å²) < 4.78 is 0. The fraction of sp³-hybridized carbons (Fsp3) is 1.00. The molecule has 0 aliphatic carbocycles. The summed E-state index contributed by atoms with van der Waals surface area (Å²) in [5.74, 6) is 0. The summed E-state index contributed by atoms with van der Waals surface area (Å²) >= 11 is 0. The highest BCUT2D eigenvalue weighted by Gasteiger charge is 1.92. The molecule has 0 radical (unpaired) electrons. The van der Waals surface area contributed by atoms with Gasteiger partial charge in [0.25, 0.3) is 0 Å². The smallest absolute Gasteiger partial charge is 0.00773 e. The van der Waals surface area contributed by atoms with Gasteiger partial charge in [0.15, 0.2) is 0 Å². The van der Waals surface area contributed by atoms with Gasteiger partial charge in [0.05, 0.1) is 0 Å². The van der Waals surface area contributed by atoms with Crippen LogP contribution in [0.5, 0.6) is 0 Å². The molecule has 0 saturated heterocycles. The maximum atomic E-state index is 5.45. The van der Waals surface area contributed by atoms with Crippen molar-refractivity contribution in [2.24, 2.45) is 11.5 Å². The Morgan fingerprint density at radius 2 is 0.737 bits per heavy atom. The number of hydrogen-bond donors (Lipinski definition) is 2. The van der Waals surface area contributed by atoms with Crippen molar-refractivity contribution >= 4 is 0 Å². The number of rotatable bonds is 13. The second kappa shape index (κ2) is 23.0. The summed E-state index contributed by atoms with van der Waals surface area (Å²) in [5.41, 5.74) is 10.5. The van der Waals surface area contributed by atoms with Crippen LogP contribution in [0.1, 0.15) is 97.3 Å². The molecule has 0 heterocycles. The second-order valence-corrected chi connectivity index (χ2v) is 5.47. The summed E-state index contributed by atoms with van der Waals surface area (Å²) in [4.78, 5) is 0.